The van der Waals surface area contributed by atoms with Crippen LogP contribution in [0, 0.1) is 0 Å². The summed E-state index contributed by atoms with van der Waals surface area (Å²) < 4.78 is 0. The Morgan fingerprint density at radius 3 is 2.48 bits per heavy atom. The van der Waals surface area contributed by atoms with Gasteiger partial charge in [0.1, 0.15) is 0 Å². The Bertz CT molecular complexity index is 906. The van der Waals surface area contributed by atoms with E-state index in [9.17, 15) is 9.59 Å². The number of amidine groups is 1. The number of allylic oxidation sites excluding steroid dienone is 1. The highest BCUT2D eigenvalue weighted by Crippen LogP contribution is 2.24. The highest BCUT2D eigenvalue weighted by atomic mass is 32.2. The summed E-state index contributed by atoms with van der Waals surface area (Å²) in [7, 11) is 0. The number of nitrogens with one attached hydrogen (secondary N) is 1. The third-order valence-corrected chi connectivity index (χ3v) is 4.92. The Kier molecular flexibility index (Phi) is 6.33. The Labute approximate surface area is 162 Å². The summed E-state index contributed by atoms with van der Waals surface area (Å²) in [6.45, 7) is 1.93. The molecule has 0 saturated carbocycles. The van der Waals surface area contributed by atoms with Gasteiger partial charge in [0.25, 0.3) is 0 Å². The summed E-state index contributed by atoms with van der Waals surface area (Å²) in [5, 5.41) is 10.7. The fourth-order valence-corrected chi connectivity index (χ4v) is 3.44. The van der Waals surface area contributed by atoms with E-state index in [0.717, 1.165) is 11.1 Å². The molecule has 0 aliphatic carbocycles. The SMILES string of the molecule is CC(/C=N/N=C1\NC(=O)C(CC(=O)c2ccccc2)S1)=C\c1ccccc1. The van der Waals surface area contributed by atoms with Crippen molar-refractivity contribution in [3.63, 3.8) is 0 Å². The largest absolute Gasteiger partial charge is 0.303 e. The van der Waals surface area contributed by atoms with Crippen molar-refractivity contribution in [1.29, 1.82) is 0 Å². The van der Waals surface area contributed by atoms with Gasteiger partial charge < -0.3 is 5.32 Å². The Balaban J connectivity index is 1.58. The van der Waals surface area contributed by atoms with Crippen LogP contribution >= 0.6 is 11.8 Å². The molecule has 1 aliphatic heterocycles. The highest BCUT2D eigenvalue weighted by molar-refractivity contribution is 8.15. The lowest BCUT2D eigenvalue weighted by molar-refractivity contribution is -0.118. The Morgan fingerprint density at radius 2 is 1.78 bits per heavy atom. The number of amides is 1. The lowest BCUT2D eigenvalue weighted by atomic mass is 10.1. The molecule has 0 spiro atoms. The van der Waals surface area contributed by atoms with Crippen molar-refractivity contribution in [2.45, 2.75) is 18.6 Å². The summed E-state index contributed by atoms with van der Waals surface area (Å²) in [6, 6.07) is 18.9. The third-order valence-electron chi connectivity index (χ3n) is 3.85. The number of carbonyl (C=O) groups is 2. The third kappa shape index (κ3) is 5.49. The van der Waals surface area contributed by atoms with Crippen molar-refractivity contribution in [2.24, 2.45) is 10.2 Å². The molecule has 2 aromatic carbocycles. The monoisotopic (exact) mass is 377 g/mol. The average Bonchev–Trinajstić information content (AvgIpc) is 3.02. The van der Waals surface area contributed by atoms with Gasteiger partial charge in [-0.25, -0.2) is 0 Å². The van der Waals surface area contributed by atoms with Crippen molar-refractivity contribution < 1.29 is 9.59 Å². The minimum absolute atomic E-state index is 0.0605. The normalized spacial score (nSPS) is 18.9. The molecule has 1 heterocycles. The van der Waals surface area contributed by atoms with Crippen molar-refractivity contribution >= 4 is 40.9 Å². The molecule has 1 atom stereocenters. The van der Waals surface area contributed by atoms with Gasteiger partial charge in [0.05, 0.1) is 11.5 Å². The van der Waals surface area contributed by atoms with E-state index in [1.165, 1.54) is 11.8 Å². The fraction of sp³-hybridized carbons (Fsp3) is 0.143. The van der Waals surface area contributed by atoms with Crippen molar-refractivity contribution in [3.8, 4) is 0 Å². The van der Waals surface area contributed by atoms with E-state index in [-0.39, 0.29) is 18.1 Å². The smallest absolute Gasteiger partial charge is 0.240 e. The molecule has 5 nitrogen and oxygen atoms in total. The number of nitrogens with zero attached hydrogens (tertiary/aromatic N) is 2. The van der Waals surface area contributed by atoms with E-state index in [1.807, 2.05) is 61.5 Å². The number of hydrogen-bond acceptors (Lipinski definition) is 5. The second-order valence-electron chi connectivity index (χ2n) is 6.04. The van der Waals surface area contributed by atoms with E-state index in [2.05, 4.69) is 15.5 Å². The topological polar surface area (TPSA) is 70.9 Å². The van der Waals surface area contributed by atoms with Crippen LogP contribution in [0.2, 0.25) is 0 Å². The zero-order chi connectivity index (χ0) is 19.1. The maximum Gasteiger partial charge on any atom is 0.240 e. The minimum atomic E-state index is -0.479. The number of thioether (sulfide) groups is 1. The molecular weight excluding hydrogens is 358 g/mol. The fourth-order valence-electron chi connectivity index (χ4n) is 2.52. The van der Waals surface area contributed by atoms with Gasteiger partial charge in [-0.05, 0) is 18.1 Å². The summed E-state index contributed by atoms with van der Waals surface area (Å²) in [4.78, 5) is 24.3. The highest BCUT2D eigenvalue weighted by Gasteiger charge is 2.32. The molecule has 3 rings (SSSR count). The molecule has 2 aromatic rings. The number of Topliss-reactive ketones (excluding diaryl/α,β-unsaturated/α-hetero) is 1. The van der Waals surface area contributed by atoms with Gasteiger partial charge in [-0.1, -0.05) is 78.5 Å². The number of hydrogen-bond donors (Lipinski definition) is 1. The molecule has 0 aromatic heterocycles. The molecule has 0 radical (unpaired) electrons. The van der Waals surface area contributed by atoms with Gasteiger partial charge >= 0.3 is 0 Å². The number of carbonyl (C=O) groups excluding carboxylic acids is 2. The predicted molar refractivity (Wildman–Crippen MR) is 111 cm³/mol. The summed E-state index contributed by atoms with van der Waals surface area (Å²) in [5.41, 5.74) is 2.63. The van der Waals surface area contributed by atoms with Crippen molar-refractivity contribution in [2.75, 3.05) is 0 Å². The zero-order valence-corrected chi connectivity index (χ0v) is 15.6. The molecule has 1 amide bonds. The minimum Gasteiger partial charge on any atom is -0.303 e. The Hall–Kier alpha value is -2.99. The lowest BCUT2D eigenvalue weighted by Crippen LogP contribution is -2.26. The summed E-state index contributed by atoms with van der Waals surface area (Å²) in [5.74, 6) is -0.274. The first-order valence-electron chi connectivity index (χ1n) is 8.52. The van der Waals surface area contributed by atoms with Crippen LogP contribution in [0.4, 0.5) is 0 Å². The van der Waals surface area contributed by atoms with Crippen LogP contribution in [0.1, 0.15) is 29.3 Å². The molecule has 1 saturated heterocycles. The van der Waals surface area contributed by atoms with Crippen LogP contribution in [0.3, 0.4) is 0 Å². The number of benzene rings is 2. The van der Waals surface area contributed by atoms with Crippen LogP contribution < -0.4 is 5.32 Å². The van der Waals surface area contributed by atoms with Crippen molar-refractivity contribution in [3.05, 3.63) is 77.4 Å². The van der Waals surface area contributed by atoms with Crippen LogP contribution in [0.5, 0.6) is 0 Å². The van der Waals surface area contributed by atoms with Crippen LogP contribution in [0.15, 0.2) is 76.4 Å². The second-order valence-corrected chi connectivity index (χ2v) is 7.23. The number of rotatable bonds is 6. The Morgan fingerprint density at radius 1 is 1.11 bits per heavy atom. The van der Waals surface area contributed by atoms with E-state index in [0.29, 0.717) is 10.7 Å². The molecule has 1 N–H and O–H groups in total. The molecular formula is C21H19N3O2S. The van der Waals surface area contributed by atoms with E-state index >= 15 is 0 Å². The van der Waals surface area contributed by atoms with E-state index in [1.54, 1.807) is 18.3 Å². The predicted octanol–water partition coefficient (Wildman–Crippen LogP) is 3.94. The van der Waals surface area contributed by atoms with Gasteiger partial charge in [0.2, 0.25) is 5.91 Å². The van der Waals surface area contributed by atoms with Crippen LogP contribution in [0.25, 0.3) is 6.08 Å². The van der Waals surface area contributed by atoms with E-state index in [4.69, 9.17) is 0 Å². The van der Waals surface area contributed by atoms with E-state index < -0.39 is 5.25 Å². The maximum absolute atomic E-state index is 12.3. The standard InChI is InChI=1S/C21H19N3O2S/c1-15(12-16-8-4-2-5-9-16)14-22-24-21-23-20(26)19(27-21)13-18(25)17-10-6-3-7-11-17/h2-12,14,19H,13H2,1H3,(H,23,24,26)/b15-12+,22-14+. The first kappa shape index (κ1) is 18.8. The quantitative estimate of drug-likeness (QED) is 0.471. The van der Waals surface area contributed by atoms with Gasteiger partial charge in [-0.15, -0.1) is 5.10 Å². The van der Waals surface area contributed by atoms with Crippen molar-refractivity contribution in [1.82, 2.24) is 5.32 Å². The zero-order valence-electron chi connectivity index (χ0n) is 14.8. The van der Waals surface area contributed by atoms with Crippen LogP contribution in [-0.4, -0.2) is 28.3 Å². The average molecular weight is 377 g/mol. The first-order chi connectivity index (χ1) is 13.1. The number of ketones is 1. The molecule has 6 heteroatoms. The summed E-state index contributed by atoms with van der Waals surface area (Å²) in [6.07, 6.45) is 3.76. The van der Waals surface area contributed by atoms with Gasteiger partial charge in [-0.2, -0.15) is 5.10 Å². The van der Waals surface area contributed by atoms with Gasteiger partial charge in [-0.3, -0.25) is 9.59 Å². The molecule has 136 valence electrons. The lowest BCUT2D eigenvalue weighted by Gasteiger charge is -2.04. The molecule has 1 aliphatic rings. The first-order valence-corrected chi connectivity index (χ1v) is 9.40. The molecule has 0 bridgehead atoms. The summed E-state index contributed by atoms with van der Waals surface area (Å²) >= 11 is 1.23. The molecule has 1 fully saturated rings. The van der Waals surface area contributed by atoms with Gasteiger partial charge in [0.15, 0.2) is 11.0 Å². The molecule has 27 heavy (non-hydrogen) atoms. The van der Waals surface area contributed by atoms with Gasteiger partial charge in [0, 0.05) is 12.0 Å². The molecule has 1 unspecified atom stereocenters. The maximum atomic E-state index is 12.3. The van der Waals surface area contributed by atoms with Crippen LogP contribution in [-0.2, 0) is 4.79 Å². The second kappa shape index (κ2) is 9.09.